The third kappa shape index (κ3) is 6.11. The summed E-state index contributed by atoms with van der Waals surface area (Å²) in [5, 5.41) is 14.3. The maximum atomic E-state index is 11.6. The molecule has 0 aliphatic rings. The van der Waals surface area contributed by atoms with Crippen LogP contribution in [-0.2, 0) is 4.79 Å². The minimum atomic E-state index is -0.879. The number of halogens is 2. The van der Waals surface area contributed by atoms with Crippen molar-refractivity contribution in [1.82, 2.24) is 5.32 Å². The summed E-state index contributed by atoms with van der Waals surface area (Å²) in [6, 6.07) is 4.88. The molecule has 7 heteroatoms. The van der Waals surface area contributed by atoms with Gasteiger partial charge in [-0.25, -0.2) is 4.79 Å². The van der Waals surface area contributed by atoms with Crippen molar-refractivity contribution in [2.75, 3.05) is 11.9 Å². The SMILES string of the molecule is CC(CNC(=O)Nc1ccc(I)cc1Cl)CC(=O)O. The Morgan fingerprint density at radius 3 is 2.74 bits per heavy atom. The van der Waals surface area contributed by atoms with E-state index in [0.717, 1.165) is 3.57 Å². The van der Waals surface area contributed by atoms with Crippen molar-refractivity contribution < 1.29 is 14.7 Å². The molecule has 1 aromatic carbocycles. The highest BCUT2D eigenvalue weighted by Gasteiger charge is 2.10. The molecule has 0 aliphatic heterocycles. The van der Waals surface area contributed by atoms with Gasteiger partial charge in [-0.1, -0.05) is 18.5 Å². The lowest BCUT2D eigenvalue weighted by molar-refractivity contribution is -0.137. The summed E-state index contributed by atoms with van der Waals surface area (Å²) in [4.78, 5) is 22.1. The van der Waals surface area contributed by atoms with E-state index in [1.54, 1.807) is 19.1 Å². The van der Waals surface area contributed by atoms with E-state index in [4.69, 9.17) is 16.7 Å². The van der Waals surface area contributed by atoms with Gasteiger partial charge < -0.3 is 15.7 Å². The lowest BCUT2D eigenvalue weighted by atomic mass is 10.1. The van der Waals surface area contributed by atoms with Gasteiger partial charge in [-0.3, -0.25) is 4.79 Å². The minimum absolute atomic E-state index is 0.0184. The third-order valence-electron chi connectivity index (χ3n) is 2.31. The van der Waals surface area contributed by atoms with Crippen LogP contribution in [0, 0.1) is 9.49 Å². The summed E-state index contributed by atoms with van der Waals surface area (Å²) in [7, 11) is 0. The first-order valence-corrected chi connectivity index (χ1v) is 7.06. The molecule has 5 nitrogen and oxygen atoms in total. The van der Waals surface area contributed by atoms with Crippen LogP contribution in [0.1, 0.15) is 13.3 Å². The molecule has 1 atom stereocenters. The number of hydrogen-bond donors (Lipinski definition) is 3. The highest BCUT2D eigenvalue weighted by Crippen LogP contribution is 2.23. The molecule has 0 spiro atoms. The van der Waals surface area contributed by atoms with E-state index in [9.17, 15) is 9.59 Å². The number of carbonyl (C=O) groups is 2. The second-order valence-electron chi connectivity index (χ2n) is 4.16. The quantitative estimate of drug-likeness (QED) is 0.669. The summed E-state index contributed by atoms with van der Waals surface area (Å²) in [5.74, 6) is -1.01. The first kappa shape index (κ1) is 16.0. The fourth-order valence-corrected chi connectivity index (χ4v) is 2.30. The average Bonchev–Trinajstić information content (AvgIpc) is 2.29. The zero-order valence-corrected chi connectivity index (χ0v) is 13.2. The van der Waals surface area contributed by atoms with Crippen LogP contribution < -0.4 is 10.6 Å². The Balaban J connectivity index is 2.45. The summed E-state index contributed by atoms with van der Waals surface area (Å²) < 4.78 is 0.976. The Bertz CT molecular complexity index is 482. The average molecular weight is 397 g/mol. The van der Waals surface area contributed by atoms with E-state index in [0.29, 0.717) is 17.3 Å². The van der Waals surface area contributed by atoms with Gasteiger partial charge in [0.1, 0.15) is 0 Å². The van der Waals surface area contributed by atoms with Crippen molar-refractivity contribution in [2.45, 2.75) is 13.3 Å². The number of carboxylic acids is 1. The molecule has 1 aromatic rings. The van der Waals surface area contributed by atoms with Crippen molar-refractivity contribution in [2.24, 2.45) is 5.92 Å². The van der Waals surface area contributed by atoms with E-state index in [-0.39, 0.29) is 12.3 Å². The number of amides is 2. The molecule has 0 aromatic heterocycles. The van der Waals surface area contributed by atoms with E-state index in [1.807, 2.05) is 6.07 Å². The summed E-state index contributed by atoms with van der Waals surface area (Å²) >= 11 is 8.10. The fraction of sp³-hybridized carbons (Fsp3) is 0.333. The molecule has 0 fully saturated rings. The normalized spacial score (nSPS) is 11.7. The van der Waals surface area contributed by atoms with Gasteiger partial charge in [0.15, 0.2) is 0 Å². The zero-order valence-electron chi connectivity index (χ0n) is 10.2. The molecule has 1 unspecified atom stereocenters. The number of nitrogens with one attached hydrogen (secondary N) is 2. The molecular formula is C12H14ClIN2O3. The van der Waals surface area contributed by atoms with Crippen LogP contribution in [0.15, 0.2) is 18.2 Å². The van der Waals surface area contributed by atoms with Crippen molar-refractivity contribution >= 4 is 51.9 Å². The maximum absolute atomic E-state index is 11.6. The second kappa shape index (κ2) is 7.54. The zero-order chi connectivity index (χ0) is 14.4. The first-order valence-electron chi connectivity index (χ1n) is 5.60. The van der Waals surface area contributed by atoms with Crippen LogP contribution in [0.3, 0.4) is 0 Å². The monoisotopic (exact) mass is 396 g/mol. The highest BCUT2D eigenvalue weighted by molar-refractivity contribution is 14.1. The van der Waals surface area contributed by atoms with Gasteiger partial charge in [0.05, 0.1) is 10.7 Å². The molecule has 19 heavy (non-hydrogen) atoms. The Hall–Kier alpha value is -1.02. The van der Waals surface area contributed by atoms with Crippen LogP contribution in [0.4, 0.5) is 10.5 Å². The Kier molecular flexibility index (Phi) is 6.36. The van der Waals surface area contributed by atoms with Crippen LogP contribution in [-0.4, -0.2) is 23.7 Å². The van der Waals surface area contributed by atoms with Gasteiger partial charge in [0, 0.05) is 16.5 Å². The van der Waals surface area contributed by atoms with E-state index in [2.05, 4.69) is 33.2 Å². The molecule has 1 rings (SSSR count). The number of carbonyl (C=O) groups excluding carboxylic acids is 1. The van der Waals surface area contributed by atoms with Crippen LogP contribution in [0.25, 0.3) is 0 Å². The number of hydrogen-bond acceptors (Lipinski definition) is 2. The predicted molar refractivity (Wildman–Crippen MR) is 82.6 cm³/mol. The van der Waals surface area contributed by atoms with Crippen molar-refractivity contribution in [3.8, 4) is 0 Å². The molecule has 0 radical (unpaired) electrons. The number of anilines is 1. The summed E-state index contributed by atoms with van der Waals surface area (Å²) in [6.45, 7) is 2.05. The van der Waals surface area contributed by atoms with Gasteiger partial charge in [-0.15, -0.1) is 0 Å². The van der Waals surface area contributed by atoms with Crippen LogP contribution in [0.5, 0.6) is 0 Å². The van der Waals surface area contributed by atoms with Crippen LogP contribution >= 0.6 is 34.2 Å². The lowest BCUT2D eigenvalue weighted by Gasteiger charge is -2.12. The number of aliphatic carboxylic acids is 1. The maximum Gasteiger partial charge on any atom is 0.319 e. The summed E-state index contributed by atoms with van der Waals surface area (Å²) in [6.07, 6.45) is 0.0184. The van der Waals surface area contributed by atoms with Gasteiger partial charge >= 0.3 is 12.0 Å². The molecule has 0 bridgehead atoms. The largest absolute Gasteiger partial charge is 0.481 e. The molecule has 0 saturated heterocycles. The Morgan fingerprint density at radius 1 is 1.47 bits per heavy atom. The smallest absolute Gasteiger partial charge is 0.319 e. The van der Waals surface area contributed by atoms with Crippen molar-refractivity contribution in [3.05, 3.63) is 26.8 Å². The van der Waals surface area contributed by atoms with E-state index >= 15 is 0 Å². The predicted octanol–water partition coefficient (Wildman–Crippen LogP) is 3.18. The second-order valence-corrected chi connectivity index (χ2v) is 5.82. The van der Waals surface area contributed by atoms with Gasteiger partial charge in [-0.2, -0.15) is 0 Å². The Labute approximate surface area is 129 Å². The van der Waals surface area contributed by atoms with Crippen molar-refractivity contribution in [1.29, 1.82) is 0 Å². The molecule has 3 N–H and O–H groups in total. The molecule has 0 saturated carbocycles. The van der Waals surface area contributed by atoms with E-state index in [1.165, 1.54) is 0 Å². The fourth-order valence-electron chi connectivity index (χ4n) is 1.39. The topological polar surface area (TPSA) is 78.4 Å². The molecule has 0 aliphatic carbocycles. The van der Waals surface area contributed by atoms with Crippen molar-refractivity contribution in [3.63, 3.8) is 0 Å². The molecular weight excluding hydrogens is 383 g/mol. The number of urea groups is 1. The van der Waals surface area contributed by atoms with E-state index < -0.39 is 12.0 Å². The van der Waals surface area contributed by atoms with Crippen LogP contribution in [0.2, 0.25) is 5.02 Å². The number of carboxylic acid groups (broad SMARTS) is 1. The highest BCUT2D eigenvalue weighted by atomic mass is 127. The van der Waals surface area contributed by atoms with Gasteiger partial charge in [-0.05, 0) is 46.7 Å². The van der Waals surface area contributed by atoms with Gasteiger partial charge in [0.25, 0.3) is 0 Å². The number of rotatable bonds is 5. The van der Waals surface area contributed by atoms with Gasteiger partial charge in [0.2, 0.25) is 0 Å². The molecule has 0 heterocycles. The first-order chi connectivity index (χ1) is 8.88. The third-order valence-corrected chi connectivity index (χ3v) is 3.30. The lowest BCUT2D eigenvalue weighted by Crippen LogP contribution is -2.33. The molecule has 104 valence electrons. The molecule has 2 amide bonds. The Morgan fingerprint density at radius 2 is 2.16 bits per heavy atom. The summed E-state index contributed by atoms with van der Waals surface area (Å²) in [5.41, 5.74) is 0.519. The standard InChI is InChI=1S/C12H14ClIN2O3/c1-7(4-11(17)18)6-15-12(19)16-10-3-2-8(14)5-9(10)13/h2-3,5,7H,4,6H2,1H3,(H,17,18)(H2,15,16,19). The minimum Gasteiger partial charge on any atom is -0.481 e. The number of benzene rings is 1.